The molecule has 1 rings (SSSR count). The number of hydrogen-bond acceptors (Lipinski definition) is 3. The van der Waals surface area contributed by atoms with Crippen LogP contribution in [0, 0.1) is 0 Å². The van der Waals surface area contributed by atoms with Crippen LogP contribution in [-0.2, 0) is 4.74 Å². The molecular weight excluding hydrogens is 188 g/mol. The molecule has 0 aromatic heterocycles. The number of hydrogen-bond donors (Lipinski definition) is 1. The lowest BCUT2D eigenvalue weighted by molar-refractivity contribution is -0.0139. The van der Waals surface area contributed by atoms with E-state index in [9.17, 15) is 0 Å². The van der Waals surface area contributed by atoms with Gasteiger partial charge in [-0.25, -0.2) is 0 Å². The molecule has 15 heavy (non-hydrogen) atoms. The standard InChI is InChI=1S/C12H24N2O/c1-10(2)9-11(13)12(3,4)14-5-7-15-8-6-14/h9,11H,5-8,13H2,1-4H3. The third kappa shape index (κ3) is 3.30. The molecule has 88 valence electrons. The molecule has 1 atom stereocenters. The Labute approximate surface area is 93.3 Å². The maximum absolute atomic E-state index is 6.22. The van der Waals surface area contributed by atoms with Crippen LogP contribution in [0.1, 0.15) is 27.7 Å². The zero-order chi connectivity index (χ0) is 11.5. The van der Waals surface area contributed by atoms with Gasteiger partial charge in [-0.2, -0.15) is 0 Å². The highest BCUT2D eigenvalue weighted by Gasteiger charge is 2.32. The molecule has 1 aliphatic rings. The summed E-state index contributed by atoms with van der Waals surface area (Å²) in [6.45, 7) is 12.2. The molecule has 0 spiro atoms. The first kappa shape index (κ1) is 12.7. The topological polar surface area (TPSA) is 38.5 Å². The normalized spacial score (nSPS) is 21.1. The SMILES string of the molecule is CC(C)=CC(N)C(C)(C)N1CCOCC1. The van der Waals surface area contributed by atoms with Crippen molar-refractivity contribution in [2.75, 3.05) is 26.3 Å². The largest absolute Gasteiger partial charge is 0.379 e. The maximum atomic E-state index is 6.22. The Bertz CT molecular complexity index is 226. The van der Waals surface area contributed by atoms with E-state index in [1.807, 2.05) is 0 Å². The van der Waals surface area contributed by atoms with Crippen LogP contribution in [0.25, 0.3) is 0 Å². The minimum Gasteiger partial charge on any atom is -0.379 e. The van der Waals surface area contributed by atoms with Crippen molar-refractivity contribution in [2.24, 2.45) is 5.73 Å². The summed E-state index contributed by atoms with van der Waals surface area (Å²) in [6.07, 6.45) is 2.15. The van der Waals surface area contributed by atoms with Crippen LogP contribution in [0.2, 0.25) is 0 Å². The van der Waals surface area contributed by atoms with Crippen molar-refractivity contribution in [1.82, 2.24) is 4.90 Å². The number of morpholine rings is 1. The van der Waals surface area contributed by atoms with Crippen molar-refractivity contribution >= 4 is 0 Å². The summed E-state index contributed by atoms with van der Waals surface area (Å²) < 4.78 is 5.36. The lowest BCUT2D eigenvalue weighted by Gasteiger charge is -2.43. The summed E-state index contributed by atoms with van der Waals surface area (Å²) in [5.41, 5.74) is 7.52. The van der Waals surface area contributed by atoms with Gasteiger partial charge in [-0.15, -0.1) is 0 Å². The maximum Gasteiger partial charge on any atom is 0.0594 e. The van der Waals surface area contributed by atoms with Gasteiger partial charge in [-0.05, 0) is 27.7 Å². The van der Waals surface area contributed by atoms with Crippen LogP contribution in [0.5, 0.6) is 0 Å². The van der Waals surface area contributed by atoms with Crippen LogP contribution >= 0.6 is 0 Å². The minimum atomic E-state index is 0.0149. The average Bonchev–Trinajstić information content (AvgIpc) is 2.18. The predicted molar refractivity (Wildman–Crippen MR) is 63.9 cm³/mol. The molecule has 0 amide bonds. The molecule has 0 saturated carbocycles. The molecule has 1 unspecified atom stereocenters. The lowest BCUT2D eigenvalue weighted by atomic mass is 9.91. The quantitative estimate of drug-likeness (QED) is 0.719. The summed E-state index contributed by atoms with van der Waals surface area (Å²) in [5.74, 6) is 0. The molecule has 0 bridgehead atoms. The number of nitrogens with zero attached hydrogens (tertiary/aromatic N) is 1. The zero-order valence-electron chi connectivity index (χ0n) is 10.4. The van der Waals surface area contributed by atoms with Crippen LogP contribution in [0.4, 0.5) is 0 Å². The molecule has 0 radical (unpaired) electrons. The van der Waals surface area contributed by atoms with Crippen molar-refractivity contribution in [2.45, 2.75) is 39.3 Å². The second kappa shape index (κ2) is 5.10. The van der Waals surface area contributed by atoms with Gasteiger partial charge in [0.2, 0.25) is 0 Å². The molecule has 3 heteroatoms. The van der Waals surface area contributed by atoms with Crippen molar-refractivity contribution in [1.29, 1.82) is 0 Å². The Balaban J connectivity index is 2.66. The van der Waals surface area contributed by atoms with E-state index in [1.54, 1.807) is 0 Å². The highest BCUT2D eigenvalue weighted by atomic mass is 16.5. The Kier molecular flexibility index (Phi) is 4.32. The van der Waals surface area contributed by atoms with E-state index >= 15 is 0 Å². The summed E-state index contributed by atoms with van der Waals surface area (Å²) in [6, 6.07) is 0.0839. The Morgan fingerprint density at radius 2 is 1.87 bits per heavy atom. The van der Waals surface area contributed by atoms with Crippen molar-refractivity contribution < 1.29 is 4.74 Å². The minimum absolute atomic E-state index is 0.0149. The van der Waals surface area contributed by atoms with E-state index in [1.165, 1.54) is 5.57 Å². The highest BCUT2D eigenvalue weighted by Crippen LogP contribution is 2.20. The van der Waals surface area contributed by atoms with Crippen LogP contribution < -0.4 is 5.73 Å². The summed E-state index contributed by atoms with van der Waals surface area (Å²) >= 11 is 0. The lowest BCUT2D eigenvalue weighted by Crippen LogP contribution is -2.58. The third-order valence-corrected chi connectivity index (χ3v) is 3.15. The van der Waals surface area contributed by atoms with Gasteiger partial charge in [-0.1, -0.05) is 11.6 Å². The number of ether oxygens (including phenoxy) is 1. The van der Waals surface area contributed by atoms with Crippen molar-refractivity contribution in [3.05, 3.63) is 11.6 Å². The van der Waals surface area contributed by atoms with Crippen LogP contribution in [0.15, 0.2) is 11.6 Å². The molecule has 1 aliphatic heterocycles. The summed E-state index contributed by atoms with van der Waals surface area (Å²) in [5, 5.41) is 0. The Morgan fingerprint density at radius 1 is 1.33 bits per heavy atom. The molecular formula is C12H24N2O. The monoisotopic (exact) mass is 212 g/mol. The van der Waals surface area contributed by atoms with E-state index < -0.39 is 0 Å². The smallest absolute Gasteiger partial charge is 0.0594 e. The zero-order valence-corrected chi connectivity index (χ0v) is 10.4. The molecule has 1 heterocycles. The average molecular weight is 212 g/mol. The summed E-state index contributed by atoms with van der Waals surface area (Å²) in [7, 11) is 0. The van der Waals surface area contributed by atoms with E-state index in [4.69, 9.17) is 10.5 Å². The van der Waals surface area contributed by atoms with E-state index in [0.717, 1.165) is 26.3 Å². The van der Waals surface area contributed by atoms with Gasteiger partial charge in [0, 0.05) is 24.7 Å². The van der Waals surface area contributed by atoms with E-state index in [-0.39, 0.29) is 11.6 Å². The van der Waals surface area contributed by atoms with Crippen molar-refractivity contribution in [3.63, 3.8) is 0 Å². The third-order valence-electron chi connectivity index (χ3n) is 3.15. The molecule has 1 fully saturated rings. The van der Waals surface area contributed by atoms with Gasteiger partial charge in [0.15, 0.2) is 0 Å². The highest BCUT2D eigenvalue weighted by molar-refractivity contribution is 5.08. The molecule has 1 saturated heterocycles. The fourth-order valence-electron chi connectivity index (χ4n) is 1.91. The van der Waals surface area contributed by atoms with Gasteiger partial charge in [-0.3, -0.25) is 4.90 Å². The second-order valence-electron chi connectivity index (χ2n) is 5.02. The fraction of sp³-hybridized carbons (Fsp3) is 0.833. The number of rotatable bonds is 3. The molecule has 0 aromatic carbocycles. The van der Waals surface area contributed by atoms with Crippen LogP contribution in [0.3, 0.4) is 0 Å². The number of nitrogens with two attached hydrogens (primary N) is 1. The number of allylic oxidation sites excluding steroid dienone is 1. The van der Waals surface area contributed by atoms with Gasteiger partial charge in [0.25, 0.3) is 0 Å². The molecule has 3 nitrogen and oxygen atoms in total. The van der Waals surface area contributed by atoms with Gasteiger partial charge in [0.05, 0.1) is 13.2 Å². The molecule has 0 aliphatic carbocycles. The van der Waals surface area contributed by atoms with Gasteiger partial charge in [0.1, 0.15) is 0 Å². The fourth-order valence-corrected chi connectivity index (χ4v) is 1.91. The Hall–Kier alpha value is -0.380. The molecule has 2 N–H and O–H groups in total. The van der Waals surface area contributed by atoms with E-state index in [2.05, 4.69) is 38.7 Å². The van der Waals surface area contributed by atoms with Crippen LogP contribution in [-0.4, -0.2) is 42.8 Å². The predicted octanol–water partition coefficient (Wildman–Crippen LogP) is 1.39. The first-order valence-corrected chi connectivity index (χ1v) is 5.68. The Morgan fingerprint density at radius 3 is 2.33 bits per heavy atom. The summed E-state index contributed by atoms with van der Waals surface area (Å²) in [4.78, 5) is 2.42. The van der Waals surface area contributed by atoms with E-state index in [0.29, 0.717) is 0 Å². The first-order valence-electron chi connectivity index (χ1n) is 5.68. The van der Waals surface area contributed by atoms with Gasteiger partial charge >= 0.3 is 0 Å². The second-order valence-corrected chi connectivity index (χ2v) is 5.02. The van der Waals surface area contributed by atoms with Gasteiger partial charge < -0.3 is 10.5 Å². The molecule has 0 aromatic rings. The van der Waals surface area contributed by atoms with Crippen molar-refractivity contribution in [3.8, 4) is 0 Å². The first-order chi connectivity index (χ1) is 6.94.